The zero-order valence-corrected chi connectivity index (χ0v) is 6.35. The summed E-state index contributed by atoms with van der Waals surface area (Å²) in [6, 6.07) is -0.152. The molecule has 0 saturated heterocycles. The molecule has 0 spiro atoms. The number of hydrogen-bond acceptors (Lipinski definition) is 3. The van der Waals surface area contributed by atoms with Crippen molar-refractivity contribution in [2.75, 3.05) is 20.2 Å². The lowest BCUT2D eigenvalue weighted by molar-refractivity contribution is -0.121. The quantitative estimate of drug-likeness (QED) is 0.462. The molecule has 1 unspecified atom stereocenters. The summed E-state index contributed by atoms with van der Waals surface area (Å²) >= 11 is 0. The number of amides is 1. The second kappa shape index (κ2) is 5.20. The fourth-order valence-corrected chi connectivity index (χ4v) is 0.532. The zero-order valence-electron chi connectivity index (χ0n) is 6.35. The number of hydrogen-bond donors (Lipinski definition) is 3. The molecule has 0 aliphatic rings. The third kappa shape index (κ3) is 4.29. The number of nitrogens with one attached hydrogen (secondary N) is 2. The second-order valence-electron chi connectivity index (χ2n) is 2.18. The SMILES string of the molecule is CNCC(=O)NC(C)CO. The van der Waals surface area contributed by atoms with E-state index < -0.39 is 0 Å². The molecule has 0 aromatic heterocycles. The lowest BCUT2D eigenvalue weighted by atomic mass is 10.3. The van der Waals surface area contributed by atoms with E-state index in [1.807, 2.05) is 0 Å². The van der Waals surface area contributed by atoms with Crippen molar-refractivity contribution in [1.29, 1.82) is 0 Å². The number of carbonyl (C=O) groups excluding carboxylic acids is 1. The average Bonchev–Trinajstić information content (AvgIpc) is 1.88. The van der Waals surface area contributed by atoms with Crippen LogP contribution in [0, 0.1) is 0 Å². The van der Waals surface area contributed by atoms with Crippen molar-refractivity contribution in [2.24, 2.45) is 0 Å². The molecule has 1 atom stereocenters. The Morgan fingerprint density at radius 2 is 2.30 bits per heavy atom. The van der Waals surface area contributed by atoms with Gasteiger partial charge >= 0.3 is 0 Å². The van der Waals surface area contributed by atoms with Gasteiger partial charge in [-0.3, -0.25) is 4.79 Å². The molecule has 60 valence electrons. The van der Waals surface area contributed by atoms with Gasteiger partial charge in [0.15, 0.2) is 0 Å². The van der Waals surface area contributed by atoms with E-state index in [1.54, 1.807) is 14.0 Å². The fraction of sp³-hybridized carbons (Fsp3) is 0.833. The van der Waals surface area contributed by atoms with E-state index in [2.05, 4.69) is 10.6 Å². The Morgan fingerprint density at radius 3 is 2.70 bits per heavy atom. The number of aliphatic hydroxyl groups is 1. The van der Waals surface area contributed by atoms with E-state index in [9.17, 15) is 4.79 Å². The van der Waals surface area contributed by atoms with Crippen LogP contribution >= 0.6 is 0 Å². The van der Waals surface area contributed by atoms with Gasteiger partial charge in [-0.1, -0.05) is 0 Å². The molecule has 0 aliphatic heterocycles. The number of aliphatic hydroxyl groups excluding tert-OH is 1. The van der Waals surface area contributed by atoms with Crippen molar-refractivity contribution >= 4 is 5.91 Å². The normalized spacial score (nSPS) is 12.7. The largest absolute Gasteiger partial charge is 0.394 e. The van der Waals surface area contributed by atoms with E-state index in [1.165, 1.54) is 0 Å². The van der Waals surface area contributed by atoms with Crippen LogP contribution in [0.4, 0.5) is 0 Å². The Kier molecular flexibility index (Phi) is 4.88. The maximum atomic E-state index is 10.7. The first kappa shape index (κ1) is 9.39. The predicted octanol–water partition coefficient (Wildman–Crippen LogP) is -1.30. The Hall–Kier alpha value is -0.610. The lowest BCUT2D eigenvalue weighted by Gasteiger charge is -2.09. The van der Waals surface area contributed by atoms with E-state index in [0.29, 0.717) is 6.54 Å². The molecule has 4 heteroatoms. The summed E-state index contributed by atoms with van der Waals surface area (Å²) in [5.74, 6) is -0.0935. The summed E-state index contributed by atoms with van der Waals surface area (Å²) in [5.41, 5.74) is 0. The van der Waals surface area contributed by atoms with Gasteiger partial charge in [0.1, 0.15) is 0 Å². The molecule has 0 bridgehead atoms. The first-order valence-electron chi connectivity index (χ1n) is 3.25. The summed E-state index contributed by atoms with van der Waals surface area (Å²) in [6.07, 6.45) is 0. The molecule has 4 nitrogen and oxygen atoms in total. The maximum absolute atomic E-state index is 10.7. The molecule has 0 aromatic rings. The highest BCUT2D eigenvalue weighted by atomic mass is 16.3. The first-order chi connectivity index (χ1) is 4.70. The van der Waals surface area contributed by atoms with Crippen LogP contribution in [-0.2, 0) is 4.79 Å². The van der Waals surface area contributed by atoms with Crippen molar-refractivity contribution < 1.29 is 9.90 Å². The first-order valence-corrected chi connectivity index (χ1v) is 3.25. The van der Waals surface area contributed by atoms with Crippen LogP contribution in [-0.4, -0.2) is 37.3 Å². The second-order valence-corrected chi connectivity index (χ2v) is 2.18. The van der Waals surface area contributed by atoms with Crippen LogP contribution in [0.1, 0.15) is 6.92 Å². The molecule has 10 heavy (non-hydrogen) atoms. The van der Waals surface area contributed by atoms with Crippen LogP contribution < -0.4 is 10.6 Å². The Labute approximate surface area is 60.6 Å². The van der Waals surface area contributed by atoms with Crippen molar-refractivity contribution in [1.82, 2.24) is 10.6 Å². The number of carbonyl (C=O) groups is 1. The van der Waals surface area contributed by atoms with Gasteiger partial charge in [0, 0.05) is 6.04 Å². The van der Waals surface area contributed by atoms with Crippen molar-refractivity contribution in [2.45, 2.75) is 13.0 Å². The molecular weight excluding hydrogens is 132 g/mol. The molecule has 0 aromatic carbocycles. The van der Waals surface area contributed by atoms with Crippen molar-refractivity contribution in [3.63, 3.8) is 0 Å². The number of likely N-dealkylation sites (N-methyl/N-ethyl adjacent to an activating group) is 1. The minimum absolute atomic E-state index is 0.0184. The highest BCUT2D eigenvalue weighted by Gasteiger charge is 2.02. The summed E-state index contributed by atoms with van der Waals surface area (Å²) in [5, 5.41) is 13.8. The number of rotatable bonds is 4. The van der Waals surface area contributed by atoms with E-state index in [0.717, 1.165) is 0 Å². The standard InChI is InChI=1S/C6H14N2O2/c1-5(4-9)8-6(10)3-7-2/h5,7,9H,3-4H2,1-2H3,(H,8,10). The average molecular weight is 146 g/mol. The van der Waals surface area contributed by atoms with Crippen molar-refractivity contribution in [3.8, 4) is 0 Å². The minimum atomic E-state index is -0.152. The van der Waals surface area contributed by atoms with Crippen LogP contribution in [0.3, 0.4) is 0 Å². The molecule has 1 amide bonds. The Bertz CT molecular complexity index is 106. The highest BCUT2D eigenvalue weighted by molar-refractivity contribution is 5.78. The van der Waals surface area contributed by atoms with Gasteiger partial charge in [-0.05, 0) is 14.0 Å². The van der Waals surface area contributed by atoms with Crippen LogP contribution in [0.2, 0.25) is 0 Å². The predicted molar refractivity (Wildman–Crippen MR) is 38.6 cm³/mol. The minimum Gasteiger partial charge on any atom is -0.394 e. The molecule has 0 rings (SSSR count). The zero-order chi connectivity index (χ0) is 7.98. The molecule has 0 aliphatic carbocycles. The smallest absolute Gasteiger partial charge is 0.234 e. The molecule has 0 fully saturated rings. The van der Waals surface area contributed by atoms with Crippen LogP contribution in [0.15, 0.2) is 0 Å². The summed E-state index contributed by atoms with van der Waals surface area (Å²) < 4.78 is 0. The van der Waals surface area contributed by atoms with Gasteiger partial charge in [0.25, 0.3) is 0 Å². The van der Waals surface area contributed by atoms with Gasteiger partial charge in [-0.15, -0.1) is 0 Å². The Morgan fingerprint density at radius 1 is 1.70 bits per heavy atom. The summed E-state index contributed by atoms with van der Waals surface area (Å²) in [4.78, 5) is 10.7. The van der Waals surface area contributed by atoms with Gasteiger partial charge in [-0.25, -0.2) is 0 Å². The molecule has 0 saturated carbocycles. The molecule has 3 N–H and O–H groups in total. The maximum Gasteiger partial charge on any atom is 0.234 e. The van der Waals surface area contributed by atoms with Crippen LogP contribution in [0.25, 0.3) is 0 Å². The van der Waals surface area contributed by atoms with E-state index >= 15 is 0 Å². The van der Waals surface area contributed by atoms with E-state index in [4.69, 9.17) is 5.11 Å². The lowest BCUT2D eigenvalue weighted by Crippen LogP contribution is -2.39. The monoisotopic (exact) mass is 146 g/mol. The topological polar surface area (TPSA) is 61.4 Å². The third-order valence-electron chi connectivity index (χ3n) is 1.02. The molecule has 0 radical (unpaired) electrons. The van der Waals surface area contributed by atoms with Gasteiger partial charge in [-0.2, -0.15) is 0 Å². The van der Waals surface area contributed by atoms with Gasteiger partial charge in [0.2, 0.25) is 5.91 Å². The Balaban J connectivity index is 3.37. The van der Waals surface area contributed by atoms with Gasteiger partial charge < -0.3 is 15.7 Å². The summed E-state index contributed by atoms with van der Waals surface area (Å²) in [7, 11) is 1.70. The van der Waals surface area contributed by atoms with Crippen LogP contribution in [0.5, 0.6) is 0 Å². The third-order valence-corrected chi connectivity index (χ3v) is 1.02. The van der Waals surface area contributed by atoms with Gasteiger partial charge in [0.05, 0.1) is 13.2 Å². The fourth-order valence-electron chi connectivity index (χ4n) is 0.532. The van der Waals surface area contributed by atoms with Crippen molar-refractivity contribution in [3.05, 3.63) is 0 Å². The summed E-state index contributed by atoms with van der Waals surface area (Å²) in [6.45, 7) is 2.02. The van der Waals surface area contributed by atoms with E-state index in [-0.39, 0.29) is 18.6 Å². The highest BCUT2D eigenvalue weighted by Crippen LogP contribution is 1.76. The molecule has 0 heterocycles. The molecular formula is C6H14N2O2.